The van der Waals surface area contributed by atoms with E-state index in [0.717, 1.165) is 25.2 Å². The van der Waals surface area contributed by atoms with Crippen LogP contribution in [0, 0.1) is 6.92 Å². The van der Waals surface area contributed by atoms with Crippen molar-refractivity contribution in [1.29, 1.82) is 0 Å². The molecule has 0 bridgehead atoms. The van der Waals surface area contributed by atoms with Crippen LogP contribution < -0.4 is 5.32 Å². The van der Waals surface area contributed by atoms with Gasteiger partial charge >= 0.3 is 0 Å². The second-order valence-corrected chi connectivity index (χ2v) is 7.59. The van der Waals surface area contributed by atoms with Gasteiger partial charge < -0.3 is 15.0 Å². The molecule has 0 aliphatic carbocycles. The number of benzene rings is 1. The van der Waals surface area contributed by atoms with Crippen LogP contribution in [-0.4, -0.2) is 36.0 Å². The zero-order valence-electron chi connectivity index (χ0n) is 16.1. The largest absolute Gasteiger partial charge is 0.378 e. The van der Waals surface area contributed by atoms with Crippen LogP contribution in [0.1, 0.15) is 57.2 Å². The second-order valence-electron chi connectivity index (χ2n) is 7.59. The van der Waals surface area contributed by atoms with Crippen molar-refractivity contribution in [2.75, 3.05) is 20.2 Å². The van der Waals surface area contributed by atoms with E-state index in [1.54, 1.807) is 19.4 Å². The van der Waals surface area contributed by atoms with E-state index in [1.807, 2.05) is 11.0 Å². The number of hydrogen-bond donors (Lipinski definition) is 1. The molecule has 0 spiro atoms. The number of carbonyl (C=O) groups is 1. The van der Waals surface area contributed by atoms with Crippen LogP contribution >= 0.6 is 0 Å². The van der Waals surface area contributed by atoms with Crippen LogP contribution in [0.15, 0.2) is 30.5 Å². The average Bonchev–Trinajstić information content (AvgIpc) is 3.21. The molecule has 0 unspecified atom stereocenters. The molecule has 0 radical (unpaired) electrons. The molecule has 1 N–H and O–H groups in total. The number of aromatic nitrogens is 1. The number of nitrogens with zero attached hydrogens (tertiary/aromatic N) is 2. The standard InChI is InChI=1S/C22H27N3O2/c1-15-10-16-6-9-25(13-20(16)19(11-15)21-4-3-7-24-21)22(26)17-5-8-23-18(12-17)14-27-2/h5,8,10-12,21,24H,3-4,6-7,9,13-14H2,1-2H3/t21-/m0/s1. The molecule has 2 aromatic rings. The van der Waals surface area contributed by atoms with Gasteiger partial charge in [0.2, 0.25) is 0 Å². The van der Waals surface area contributed by atoms with Gasteiger partial charge in [0, 0.05) is 38.0 Å². The highest BCUT2D eigenvalue weighted by molar-refractivity contribution is 5.94. The van der Waals surface area contributed by atoms with Crippen molar-refractivity contribution >= 4 is 5.91 Å². The number of methoxy groups -OCH3 is 1. The normalized spacial score (nSPS) is 19.2. The quantitative estimate of drug-likeness (QED) is 0.904. The average molecular weight is 365 g/mol. The highest BCUT2D eigenvalue weighted by atomic mass is 16.5. The van der Waals surface area contributed by atoms with Gasteiger partial charge in [-0.25, -0.2) is 0 Å². The van der Waals surface area contributed by atoms with Gasteiger partial charge in [0.25, 0.3) is 5.91 Å². The van der Waals surface area contributed by atoms with Crippen molar-refractivity contribution in [2.45, 2.75) is 45.4 Å². The zero-order valence-corrected chi connectivity index (χ0v) is 16.1. The van der Waals surface area contributed by atoms with Crippen LogP contribution in [0.3, 0.4) is 0 Å². The molecule has 2 aliphatic rings. The Labute approximate surface area is 160 Å². The summed E-state index contributed by atoms with van der Waals surface area (Å²) in [7, 11) is 1.64. The molecule has 142 valence electrons. The lowest BCUT2D eigenvalue weighted by Gasteiger charge is -2.32. The summed E-state index contributed by atoms with van der Waals surface area (Å²) in [4.78, 5) is 19.3. The van der Waals surface area contributed by atoms with Crippen molar-refractivity contribution in [3.05, 3.63) is 64.0 Å². The lowest BCUT2D eigenvalue weighted by Crippen LogP contribution is -2.37. The van der Waals surface area contributed by atoms with Crippen molar-refractivity contribution in [3.63, 3.8) is 0 Å². The number of carbonyl (C=O) groups excluding carboxylic acids is 1. The number of aryl methyl sites for hydroxylation is 1. The smallest absolute Gasteiger partial charge is 0.254 e. The highest BCUT2D eigenvalue weighted by Gasteiger charge is 2.27. The predicted octanol–water partition coefficient (Wildman–Crippen LogP) is 3.16. The minimum atomic E-state index is 0.0753. The number of fused-ring (bicyclic) bond motifs is 1. The van der Waals surface area contributed by atoms with E-state index in [2.05, 4.69) is 29.4 Å². The maximum atomic E-state index is 13.1. The van der Waals surface area contributed by atoms with E-state index in [1.165, 1.54) is 35.1 Å². The minimum absolute atomic E-state index is 0.0753. The van der Waals surface area contributed by atoms with Gasteiger partial charge in [-0.2, -0.15) is 0 Å². The molecule has 2 aliphatic heterocycles. The van der Waals surface area contributed by atoms with Crippen LogP contribution in [0.4, 0.5) is 0 Å². The van der Waals surface area contributed by atoms with E-state index in [9.17, 15) is 4.79 Å². The Hall–Kier alpha value is -2.24. The third kappa shape index (κ3) is 3.75. The Bertz CT molecular complexity index is 843. The third-order valence-corrected chi connectivity index (χ3v) is 5.60. The first kappa shape index (κ1) is 18.1. The first-order valence-corrected chi connectivity index (χ1v) is 9.74. The summed E-state index contributed by atoms with van der Waals surface area (Å²) in [5.74, 6) is 0.0753. The Kier molecular flexibility index (Phi) is 5.23. The monoisotopic (exact) mass is 365 g/mol. The van der Waals surface area contributed by atoms with Gasteiger partial charge in [-0.05, 0) is 61.6 Å². The minimum Gasteiger partial charge on any atom is -0.378 e. The van der Waals surface area contributed by atoms with Gasteiger partial charge in [-0.15, -0.1) is 0 Å². The summed E-state index contributed by atoms with van der Waals surface area (Å²) in [5.41, 5.74) is 6.91. The van der Waals surface area contributed by atoms with E-state index >= 15 is 0 Å². The SMILES string of the molecule is COCc1cc(C(=O)N2CCc3cc(C)cc([C@@H]4CCCN4)c3C2)ccn1. The molecule has 1 atom stereocenters. The number of nitrogens with one attached hydrogen (secondary N) is 1. The number of ether oxygens (including phenoxy) is 1. The molecule has 5 heteroatoms. The number of hydrogen-bond acceptors (Lipinski definition) is 4. The molecular formula is C22H27N3O2. The molecule has 1 amide bonds. The lowest BCUT2D eigenvalue weighted by atomic mass is 9.88. The maximum absolute atomic E-state index is 13.1. The summed E-state index contributed by atoms with van der Waals surface area (Å²) >= 11 is 0. The van der Waals surface area contributed by atoms with E-state index in [0.29, 0.717) is 24.8 Å². The van der Waals surface area contributed by atoms with Gasteiger partial charge in [0.1, 0.15) is 0 Å². The molecule has 1 fully saturated rings. The van der Waals surface area contributed by atoms with Crippen LogP contribution in [0.25, 0.3) is 0 Å². The van der Waals surface area contributed by atoms with Gasteiger partial charge in [-0.3, -0.25) is 9.78 Å². The van der Waals surface area contributed by atoms with Crippen molar-refractivity contribution in [2.24, 2.45) is 0 Å². The molecule has 1 aromatic carbocycles. The Morgan fingerprint density at radius 3 is 3.04 bits per heavy atom. The van der Waals surface area contributed by atoms with Gasteiger partial charge in [0.05, 0.1) is 12.3 Å². The topological polar surface area (TPSA) is 54.5 Å². The van der Waals surface area contributed by atoms with E-state index in [-0.39, 0.29) is 5.91 Å². The van der Waals surface area contributed by atoms with Crippen molar-refractivity contribution in [1.82, 2.24) is 15.2 Å². The van der Waals surface area contributed by atoms with Crippen molar-refractivity contribution in [3.8, 4) is 0 Å². The second kappa shape index (κ2) is 7.79. The molecule has 0 saturated carbocycles. The summed E-state index contributed by atoms with van der Waals surface area (Å²) in [6.07, 6.45) is 5.00. The molecule has 3 heterocycles. The number of pyridine rings is 1. The highest BCUT2D eigenvalue weighted by Crippen LogP contribution is 2.33. The van der Waals surface area contributed by atoms with E-state index < -0.39 is 0 Å². The van der Waals surface area contributed by atoms with Crippen molar-refractivity contribution < 1.29 is 9.53 Å². The summed E-state index contributed by atoms with van der Waals surface area (Å²) in [6, 6.07) is 8.65. The molecule has 4 rings (SSSR count). The fourth-order valence-electron chi connectivity index (χ4n) is 4.32. The molecular weight excluding hydrogens is 338 g/mol. The number of amides is 1. The molecule has 5 nitrogen and oxygen atoms in total. The Morgan fingerprint density at radius 2 is 2.26 bits per heavy atom. The maximum Gasteiger partial charge on any atom is 0.254 e. The first-order chi connectivity index (χ1) is 13.2. The van der Waals surface area contributed by atoms with Crippen LogP contribution in [-0.2, 0) is 24.3 Å². The van der Waals surface area contributed by atoms with Crippen LogP contribution in [0.2, 0.25) is 0 Å². The molecule has 27 heavy (non-hydrogen) atoms. The predicted molar refractivity (Wildman–Crippen MR) is 105 cm³/mol. The summed E-state index contributed by atoms with van der Waals surface area (Å²) in [6.45, 7) is 5.11. The third-order valence-electron chi connectivity index (χ3n) is 5.60. The fraction of sp³-hybridized carbons (Fsp3) is 0.455. The fourth-order valence-corrected chi connectivity index (χ4v) is 4.32. The molecule has 1 aromatic heterocycles. The number of rotatable bonds is 4. The first-order valence-electron chi connectivity index (χ1n) is 9.74. The van der Waals surface area contributed by atoms with Gasteiger partial charge in [-0.1, -0.05) is 17.7 Å². The zero-order chi connectivity index (χ0) is 18.8. The summed E-state index contributed by atoms with van der Waals surface area (Å²) < 4.78 is 5.14. The molecule has 1 saturated heterocycles. The summed E-state index contributed by atoms with van der Waals surface area (Å²) in [5, 5.41) is 3.62. The lowest BCUT2D eigenvalue weighted by molar-refractivity contribution is 0.0733. The van der Waals surface area contributed by atoms with Crippen LogP contribution in [0.5, 0.6) is 0 Å². The van der Waals surface area contributed by atoms with E-state index in [4.69, 9.17) is 4.74 Å². The Balaban J connectivity index is 1.60. The van der Waals surface area contributed by atoms with Gasteiger partial charge in [0.15, 0.2) is 0 Å². The Morgan fingerprint density at radius 1 is 1.37 bits per heavy atom.